The van der Waals surface area contributed by atoms with E-state index in [2.05, 4.69) is 31.2 Å². The van der Waals surface area contributed by atoms with Gasteiger partial charge < -0.3 is 0 Å². The Labute approximate surface area is 97.3 Å². The van der Waals surface area contributed by atoms with Crippen LogP contribution in [0.5, 0.6) is 0 Å². The van der Waals surface area contributed by atoms with Gasteiger partial charge in [0.2, 0.25) is 7.42 Å². The van der Waals surface area contributed by atoms with Gasteiger partial charge in [-0.3, -0.25) is 0 Å². The Morgan fingerprint density at radius 2 is 1.86 bits per heavy atom. The van der Waals surface area contributed by atoms with E-state index in [1.165, 1.54) is 12.0 Å². The van der Waals surface area contributed by atoms with E-state index < -0.39 is 7.42 Å². The van der Waals surface area contributed by atoms with Crippen molar-refractivity contribution in [2.75, 3.05) is 0 Å². The van der Waals surface area contributed by atoms with Gasteiger partial charge in [-0.1, -0.05) is 50.1 Å². The van der Waals surface area contributed by atoms with Crippen LogP contribution in [-0.4, -0.2) is 7.42 Å². The predicted molar refractivity (Wildman–Crippen MR) is 67.7 cm³/mol. The minimum absolute atomic E-state index is 0.519. The van der Waals surface area contributed by atoms with Gasteiger partial charge in [-0.25, -0.2) is 0 Å². The van der Waals surface area contributed by atoms with E-state index in [4.69, 9.17) is 22.2 Å². The summed E-state index contributed by atoms with van der Waals surface area (Å²) in [7, 11) is -1.53. The van der Waals surface area contributed by atoms with Gasteiger partial charge >= 0.3 is 0 Å². The van der Waals surface area contributed by atoms with E-state index in [0.717, 1.165) is 12.8 Å². The summed E-state index contributed by atoms with van der Waals surface area (Å²) in [6, 6.07) is 10.5. The maximum atomic E-state index is 6.08. The molecule has 1 unspecified atom stereocenters. The van der Waals surface area contributed by atoms with Crippen LogP contribution >= 0.6 is 22.2 Å². The highest BCUT2D eigenvalue weighted by Crippen LogP contribution is 2.27. The number of benzene rings is 1. The van der Waals surface area contributed by atoms with Crippen LogP contribution < -0.4 is 0 Å². The van der Waals surface area contributed by atoms with Crippen molar-refractivity contribution in [2.24, 2.45) is 0 Å². The largest absolute Gasteiger partial charge is 0.240 e. The highest BCUT2D eigenvalue weighted by atomic mass is 35.7. The second kappa shape index (κ2) is 6.49. The Bertz CT molecular complexity index is 249. The second-order valence-electron chi connectivity index (χ2n) is 3.57. The van der Waals surface area contributed by atoms with Gasteiger partial charge in [0.05, 0.1) is 0 Å². The van der Waals surface area contributed by atoms with Crippen LogP contribution in [-0.2, 0) is 6.42 Å². The van der Waals surface area contributed by atoms with E-state index in [9.17, 15) is 0 Å². The lowest BCUT2D eigenvalue weighted by Gasteiger charge is -2.15. The maximum Gasteiger partial charge on any atom is 0.240 e. The van der Waals surface area contributed by atoms with Crippen LogP contribution in [0.2, 0.25) is 5.54 Å². The van der Waals surface area contributed by atoms with E-state index in [1.807, 2.05) is 6.07 Å². The first-order valence-electron chi connectivity index (χ1n) is 5.06. The summed E-state index contributed by atoms with van der Waals surface area (Å²) >= 11 is 12.2. The SMILES string of the molecule is CCCC(Cc1ccccc1)[SiH](Cl)Cl. The van der Waals surface area contributed by atoms with Crippen molar-refractivity contribution in [3.8, 4) is 0 Å². The molecule has 0 heterocycles. The molecule has 0 fully saturated rings. The Morgan fingerprint density at radius 3 is 2.36 bits per heavy atom. The minimum Gasteiger partial charge on any atom is -0.150 e. The van der Waals surface area contributed by atoms with Gasteiger partial charge in [-0.2, -0.15) is 22.2 Å². The Morgan fingerprint density at radius 1 is 1.21 bits per heavy atom. The molecule has 14 heavy (non-hydrogen) atoms. The number of rotatable bonds is 5. The van der Waals surface area contributed by atoms with Crippen LogP contribution in [0.25, 0.3) is 0 Å². The third-order valence-corrected chi connectivity index (χ3v) is 5.78. The lowest BCUT2D eigenvalue weighted by Crippen LogP contribution is -2.10. The van der Waals surface area contributed by atoms with Crippen molar-refractivity contribution in [1.82, 2.24) is 0 Å². The molecule has 0 saturated heterocycles. The van der Waals surface area contributed by atoms with Crippen molar-refractivity contribution in [2.45, 2.75) is 31.7 Å². The summed E-state index contributed by atoms with van der Waals surface area (Å²) in [6.07, 6.45) is 3.36. The molecular weight excluding hydrogens is 231 g/mol. The number of hydrogen-bond donors (Lipinski definition) is 0. The highest BCUT2D eigenvalue weighted by Gasteiger charge is 2.18. The molecule has 0 aromatic heterocycles. The molecule has 0 saturated carbocycles. The smallest absolute Gasteiger partial charge is 0.150 e. The summed E-state index contributed by atoms with van der Waals surface area (Å²) in [6.45, 7) is 2.18. The molecule has 0 radical (unpaired) electrons. The zero-order valence-electron chi connectivity index (χ0n) is 8.42. The first-order valence-corrected chi connectivity index (χ1v) is 9.22. The van der Waals surface area contributed by atoms with Crippen LogP contribution in [0, 0.1) is 0 Å². The molecule has 78 valence electrons. The van der Waals surface area contributed by atoms with Crippen molar-refractivity contribution < 1.29 is 0 Å². The number of hydrogen-bond acceptors (Lipinski definition) is 0. The summed E-state index contributed by atoms with van der Waals surface area (Å²) in [5.74, 6) is 0. The fraction of sp³-hybridized carbons (Fsp3) is 0.455. The molecule has 0 aliphatic heterocycles. The normalized spacial score (nSPS) is 13.1. The van der Waals surface area contributed by atoms with Crippen molar-refractivity contribution >= 4 is 29.6 Å². The van der Waals surface area contributed by atoms with Crippen LogP contribution in [0.3, 0.4) is 0 Å². The molecule has 0 spiro atoms. The lowest BCUT2D eigenvalue weighted by molar-refractivity contribution is 0.711. The van der Waals surface area contributed by atoms with E-state index in [-0.39, 0.29) is 0 Å². The molecular formula is C11H16Cl2Si. The Balaban J connectivity index is 2.55. The van der Waals surface area contributed by atoms with Gasteiger partial charge in [0, 0.05) is 0 Å². The van der Waals surface area contributed by atoms with Gasteiger partial charge in [0.25, 0.3) is 0 Å². The third kappa shape index (κ3) is 4.03. The van der Waals surface area contributed by atoms with Gasteiger partial charge in [0.15, 0.2) is 0 Å². The molecule has 0 amide bonds. The van der Waals surface area contributed by atoms with Crippen molar-refractivity contribution in [3.63, 3.8) is 0 Å². The average molecular weight is 247 g/mol. The number of halogens is 2. The zero-order chi connectivity index (χ0) is 10.4. The first-order chi connectivity index (χ1) is 6.74. The Kier molecular flexibility index (Phi) is 5.60. The van der Waals surface area contributed by atoms with E-state index in [0.29, 0.717) is 5.54 Å². The van der Waals surface area contributed by atoms with Gasteiger partial charge in [0.1, 0.15) is 0 Å². The van der Waals surface area contributed by atoms with Gasteiger partial charge in [-0.05, 0) is 17.5 Å². The van der Waals surface area contributed by atoms with Crippen molar-refractivity contribution in [1.29, 1.82) is 0 Å². The molecule has 1 rings (SSSR count). The topological polar surface area (TPSA) is 0 Å². The predicted octanol–water partition coefficient (Wildman–Crippen LogP) is 4.10. The summed E-state index contributed by atoms with van der Waals surface area (Å²) in [5, 5.41) is 0. The molecule has 1 atom stereocenters. The standard InChI is InChI=1S/C11H16Cl2Si/c1-2-6-11(14(12)13)9-10-7-4-3-5-8-10/h3-5,7-8,11,14H,2,6,9H2,1H3. The molecule has 0 aliphatic carbocycles. The summed E-state index contributed by atoms with van der Waals surface area (Å²) < 4.78 is 0. The molecule has 0 aliphatic rings. The Hall–Kier alpha value is 0.0169. The molecule has 3 heteroatoms. The van der Waals surface area contributed by atoms with Crippen molar-refractivity contribution in [3.05, 3.63) is 35.9 Å². The monoisotopic (exact) mass is 246 g/mol. The highest BCUT2D eigenvalue weighted by molar-refractivity contribution is 7.34. The third-order valence-electron chi connectivity index (χ3n) is 2.36. The quantitative estimate of drug-likeness (QED) is 0.543. The lowest BCUT2D eigenvalue weighted by atomic mass is 10.1. The van der Waals surface area contributed by atoms with Crippen LogP contribution in [0.4, 0.5) is 0 Å². The minimum atomic E-state index is -1.53. The summed E-state index contributed by atoms with van der Waals surface area (Å²) in [5.41, 5.74) is 1.87. The van der Waals surface area contributed by atoms with E-state index in [1.54, 1.807) is 0 Å². The molecule has 0 N–H and O–H groups in total. The maximum absolute atomic E-state index is 6.08. The fourth-order valence-corrected chi connectivity index (χ4v) is 3.93. The average Bonchev–Trinajstić information content (AvgIpc) is 2.18. The zero-order valence-corrected chi connectivity index (χ0v) is 11.1. The van der Waals surface area contributed by atoms with Crippen LogP contribution in [0.1, 0.15) is 25.3 Å². The summed E-state index contributed by atoms with van der Waals surface area (Å²) in [4.78, 5) is 0. The van der Waals surface area contributed by atoms with E-state index >= 15 is 0 Å². The van der Waals surface area contributed by atoms with Crippen LogP contribution in [0.15, 0.2) is 30.3 Å². The fourth-order valence-electron chi connectivity index (χ4n) is 1.60. The molecule has 0 nitrogen and oxygen atoms in total. The first kappa shape index (κ1) is 12.1. The molecule has 0 bridgehead atoms. The second-order valence-corrected chi connectivity index (χ2v) is 8.68. The molecule has 1 aromatic carbocycles. The molecule has 1 aromatic rings. The van der Waals surface area contributed by atoms with Gasteiger partial charge in [-0.15, -0.1) is 0 Å².